The van der Waals surface area contributed by atoms with Crippen molar-refractivity contribution in [2.75, 3.05) is 19.7 Å². The molecule has 1 saturated heterocycles. The summed E-state index contributed by atoms with van der Waals surface area (Å²) in [6.07, 6.45) is 6.82. The lowest BCUT2D eigenvalue weighted by molar-refractivity contribution is -0.137. The van der Waals surface area contributed by atoms with E-state index in [1.165, 1.54) is 17.7 Å². The molecule has 1 aliphatic heterocycles. The summed E-state index contributed by atoms with van der Waals surface area (Å²) < 4.78 is 46.4. The van der Waals surface area contributed by atoms with E-state index in [2.05, 4.69) is 44.2 Å². The third-order valence-electron chi connectivity index (χ3n) is 11.5. The molecule has 2 aliphatic carbocycles. The minimum absolute atomic E-state index is 0.0969. The van der Waals surface area contributed by atoms with Crippen LogP contribution in [-0.2, 0) is 23.8 Å². The zero-order valence-corrected chi connectivity index (χ0v) is 32.4. The Morgan fingerprint density at radius 1 is 1.00 bits per heavy atom. The molecule has 0 spiro atoms. The minimum atomic E-state index is -4.39. The van der Waals surface area contributed by atoms with Gasteiger partial charge in [0.05, 0.1) is 30.1 Å². The number of benzene rings is 1. The Hall–Kier alpha value is -3.17. The first-order valence-electron chi connectivity index (χ1n) is 19.1. The van der Waals surface area contributed by atoms with E-state index in [1.807, 2.05) is 13.0 Å². The molecule has 0 amide bonds. The van der Waals surface area contributed by atoms with Crippen molar-refractivity contribution in [2.24, 2.45) is 15.8 Å². The summed E-state index contributed by atoms with van der Waals surface area (Å²) in [5.41, 5.74) is 4.89. The van der Waals surface area contributed by atoms with Gasteiger partial charge in [0.25, 0.3) is 0 Å². The third kappa shape index (κ3) is 10.1. The summed E-state index contributed by atoms with van der Waals surface area (Å²) in [5, 5.41) is 21.8. The van der Waals surface area contributed by atoms with Crippen LogP contribution in [0.5, 0.6) is 0 Å². The predicted octanol–water partition coefficient (Wildman–Crippen LogP) is 10.2. The molecular formula is C43H60F3N3O3. The first kappa shape index (κ1) is 40.0. The van der Waals surface area contributed by atoms with Crippen LogP contribution < -0.4 is 0 Å². The quantitative estimate of drug-likeness (QED) is 0.178. The van der Waals surface area contributed by atoms with Gasteiger partial charge in [0.2, 0.25) is 0 Å². The number of aliphatic imine (C=N–C) groups is 1. The Morgan fingerprint density at radius 3 is 2.21 bits per heavy atom. The van der Waals surface area contributed by atoms with E-state index in [9.17, 15) is 23.4 Å². The molecule has 2 heterocycles. The average Bonchev–Trinajstić information content (AvgIpc) is 3.05. The molecule has 2 N–H and O–H groups in total. The van der Waals surface area contributed by atoms with Gasteiger partial charge >= 0.3 is 6.18 Å². The van der Waals surface area contributed by atoms with E-state index in [0.717, 1.165) is 86.1 Å². The van der Waals surface area contributed by atoms with Crippen LogP contribution in [0.4, 0.5) is 13.2 Å². The van der Waals surface area contributed by atoms with Crippen LogP contribution in [-0.4, -0.2) is 51.6 Å². The molecule has 1 atom stereocenters. The van der Waals surface area contributed by atoms with E-state index >= 15 is 0 Å². The third-order valence-corrected chi connectivity index (χ3v) is 11.5. The van der Waals surface area contributed by atoms with Gasteiger partial charge in [0, 0.05) is 42.4 Å². The molecule has 6 nitrogen and oxygen atoms in total. The monoisotopic (exact) mass is 723 g/mol. The molecule has 9 heteroatoms. The fourth-order valence-electron chi connectivity index (χ4n) is 8.32. The second kappa shape index (κ2) is 15.7. The van der Waals surface area contributed by atoms with E-state index < -0.39 is 23.4 Å². The van der Waals surface area contributed by atoms with Gasteiger partial charge in [-0.15, -0.1) is 0 Å². The van der Waals surface area contributed by atoms with Gasteiger partial charge in [-0.05, 0) is 130 Å². The first-order chi connectivity index (χ1) is 24.2. The van der Waals surface area contributed by atoms with Crippen molar-refractivity contribution in [1.82, 2.24) is 9.88 Å². The molecule has 286 valence electrons. The molecule has 1 aromatic heterocycles. The Kier molecular flexibility index (Phi) is 12.1. The van der Waals surface area contributed by atoms with Crippen molar-refractivity contribution >= 4 is 6.21 Å². The molecule has 52 heavy (non-hydrogen) atoms. The van der Waals surface area contributed by atoms with E-state index in [0.29, 0.717) is 37.4 Å². The highest BCUT2D eigenvalue weighted by Gasteiger charge is 2.40. The number of pyridine rings is 1. The number of rotatable bonds is 11. The van der Waals surface area contributed by atoms with Gasteiger partial charge in [0.15, 0.2) is 0 Å². The Morgan fingerprint density at radius 2 is 1.63 bits per heavy atom. The average molecular weight is 724 g/mol. The fraction of sp³-hybridized carbons (Fsp3) is 0.628. The summed E-state index contributed by atoms with van der Waals surface area (Å²) in [7, 11) is 0. The second-order valence-electron chi connectivity index (χ2n) is 17.7. The highest BCUT2D eigenvalue weighted by molar-refractivity contribution is 5.76. The van der Waals surface area contributed by atoms with Crippen LogP contribution in [0.15, 0.2) is 53.5 Å². The molecular weight excluding hydrogens is 663 g/mol. The Bertz CT molecular complexity index is 1620. The molecule has 5 rings (SSSR count). The molecule has 2 fully saturated rings. The molecule has 0 bridgehead atoms. The maximum absolute atomic E-state index is 13.5. The number of ether oxygens (including phenoxy) is 1. The van der Waals surface area contributed by atoms with Gasteiger partial charge in [-0.25, -0.2) is 4.99 Å². The van der Waals surface area contributed by atoms with E-state index in [-0.39, 0.29) is 22.7 Å². The maximum atomic E-state index is 13.5. The minimum Gasteiger partial charge on any atom is -0.492 e. The Labute approximate surface area is 309 Å². The number of allylic oxidation sites excluding steroid dienone is 2. The summed E-state index contributed by atoms with van der Waals surface area (Å²) >= 11 is 0. The lowest BCUT2D eigenvalue weighted by atomic mass is 9.66. The molecule has 1 saturated carbocycles. The second-order valence-corrected chi connectivity index (χ2v) is 17.7. The number of hydrogen-bond acceptors (Lipinski definition) is 6. The van der Waals surface area contributed by atoms with Gasteiger partial charge in [-0.2, -0.15) is 13.2 Å². The zero-order chi connectivity index (χ0) is 38.1. The van der Waals surface area contributed by atoms with Crippen LogP contribution in [0.3, 0.4) is 0 Å². The number of alkyl halides is 3. The molecule has 1 unspecified atom stereocenters. The van der Waals surface area contributed by atoms with Crippen molar-refractivity contribution < 1.29 is 28.1 Å². The smallest absolute Gasteiger partial charge is 0.416 e. The SMILES string of the molecule is C=C(/N=C\C(=C/C)OCCC(C)(C)O)N1CCC(c2nc3c(c(C4CCC(C)(C)CC4)c2Cc2ccc(C(F)(F)F)cc2)C(O)CC(C)(C)C3)CC1. The van der Waals surface area contributed by atoms with Crippen molar-refractivity contribution in [3.05, 3.63) is 87.7 Å². The fourth-order valence-corrected chi connectivity index (χ4v) is 8.32. The summed E-state index contributed by atoms with van der Waals surface area (Å²) in [6.45, 7) is 20.6. The lowest BCUT2D eigenvalue weighted by Gasteiger charge is -2.42. The van der Waals surface area contributed by atoms with Crippen molar-refractivity contribution in [3.8, 4) is 0 Å². The van der Waals surface area contributed by atoms with Crippen molar-refractivity contribution in [2.45, 2.75) is 142 Å². The number of aliphatic hydroxyl groups is 2. The summed E-state index contributed by atoms with van der Waals surface area (Å²) in [6, 6.07) is 5.58. The van der Waals surface area contributed by atoms with Gasteiger partial charge < -0.3 is 19.8 Å². The number of aromatic nitrogens is 1. The molecule has 0 radical (unpaired) electrons. The number of likely N-dealkylation sites (tertiary alicyclic amines) is 1. The van der Waals surface area contributed by atoms with Gasteiger partial charge in [-0.3, -0.25) is 4.98 Å². The van der Waals surface area contributed by atoms with Crippen LogP contribution in [0.25, 0.3) is 0 Å². The number of fused-ring (bicyclic) bond motifs is 1. The number of aliphatic hydroxyl groups excluding tert-OH is 1. The van der Waals surface area contributed by atoms with Crippen LogP contribution in [0, 0.1) is 10.8 Å². The van der Waals surface area contributed by atoms with E-state index in [4.69, 9.17) is 9.72 Å². The maximum Gasteiger partial charge on any atom is 0.416 e. The summed E-state index contributed by atoms with van der Waals surface area (Å²) in [4.78, 5) is 12.3. The highest BCUT2D eigenvalue weighted by atomic mass is 19.4. The topological polar surface area (TPSA) is 78.2 Å². The normalized spacial score (nSPS) is 21.7. The molecule has 1 aromatic carbocycles. The largest absolute Gasteiger partial charge is 0.492 e. The summed E-state index contributed by atoms with van der Waals surface area (Å²) in [5.74, 6) is 1.70. The number of halogens is 3. The number of hydrogen-bond donors (Lipinski definition) is 2. The van der Waals surface area contributed by atoms with Crippen LogP contribution in [0.1, 0.15) is 157 Å². The highest BCUT2D eigenvalue weighted by Crippen LogP contribution is 2.51. The lowest BCUT2D eigenvalue weighted by Crippen LogP contribution is -2.34. The standard InChI is InChI=1S/C43H60F3N3O3/c1-9-33(52-23-20-42(7,8)51)27-47-28(2)49-21-16-31(17-22-49)39-34(24-29-10-12-32(13-11-29)43(44,45)46)37(30-14-18-40(3,4)19-15-30)38-35(48-39)25-41(5,6)26-36(38)50/h9-13,27,30-31,36,50-51H,2,14-26H2,1,3-8H3/b33-9+,47-27-. The van der Waals surface area contributed by atoms with Crippen LogP contribution >= 0.6 is 0 Å². The zero-order valence-electron chi connectivity index (χ0n) is 32.4. The van der Waals surface area contributed by atoms with Gasteiger partial charge in [-0.1, -0.05) is 46.4 Å². The van der Waals surface area contributed by atoms with Crippen LogP contribution in [0.2, 0.25) is 0 Å². The molecule has 2 aromatic rings. The van der Waals surface area contributed by atoms with Crippen molar-refractivity contribution in [3.63, 3.8) is 0 Å². The number of nitrogens with zero attached hydrogens (tertiary/aromatic N) is 3. The predicted molar refractivity (Wildman–Crippen MR) is 202 cm³/mol. The first-order valence-corrected chi connectivity index (χ1v) is 19.1. The Balaban J connectivity index is 1.47. The van der Waals surface area contributed by atoms with E-state index in [1.54, 1.807) is 32.2 Å². The van der Waals surface area contributed by atoms with Gasteiger partial charge in [0.1, 0.15) is 11.6 Å². The van der Waals surface area contributed by atoms with Crippen molar-refractivity contribution in [1.29, 1.82) is 0 Å². The number of piperidine rings is 1. The molecule has 3 aliphatic rings.